The monoisotopic (exact) mass is 498 g/mol. The first-order valence-electron chi connectivity index (χ1n) is 9.73. The molecule has 0 radical (unpaired) electrons. The van der Waals surface area contributed by atoms with Gasteiger partial charge < -0.3 is 9.47 Å². The van der Waals surface area contributed by atoms with Gasteiger partial charge in [-0.05, 0) is 36.7 Å². The van der Waals surface area contributed by atoms with Gasteiger partial charge >= 0.3 is 5.97 Å². The molecule has 0 spiro atoms. The number of ether oxygens (including phenoxy) is 2. The third-order valence-corrected chi connectivity index (χ3v) is 7.78. The molecule has 0 saturated carbocycles. The molecule has 2 aliphatic heterocycles. The number of amides is 1. The van der Waals surface area contributed by atoms with Gasteiger partial charge in [0.15, 0.2) is 6.73 Å². The van der Waals surface area contributed by atoms with E-state index in [1.165, 1.54) is 12.1 Å². The van der Waals surface area contributed by atoms with Crippen LogP contribution in [0.25, 0.3) is 0 Å². The van der Waals surface area contributed by atoms with Gasteiger partial charge in [0, 0.05) is 12.1 Å². The average Bonchev–Trinajstić information content (AvgIpc) is 2.91. The highest BCUT2D eigenvalue weighted by Gasteiger charge is 2.47. The maximum Gasteiger partial charge on any atom is 0.342 e. The first kappa shape index (κ1) is 22.8. The van der Waals surface area contributed by atoms with Gasteiger partial charge in [-0.3, -0.25) is 9.69 Å². The van der Waals surface area contributed by atoms with E-state index in [1.807, 2.05) is 13.8 Å². The molecule has 2 aliphatic rings. The molecule has 0 aromatic heterocycles. The Bertz CT molecular complexity index is 1230. The summed E-state index contributed by atoms with van der Waals surface area (Å²) in [5.41, 5.74) is 0.950. The Balaban J connectivity index is 1.73. The summed E-state index contributed by atoms with van der Waals surface area (Å²) >= 11 is 12.0. The van der Waals surface area contributed by atoms with E-state index in [1.54, 1.807) is 24.1 Å². The van der Waals surface area contributed by atoms with Gasteiger partial charge in [-0.1, -0.05) is 43.1 Å². The molecule has 0 saturated heterocycles. The van der Waals surface area contributed by atoms with Crippen molar-refractivity contribution in [2.45, 2.75) is 31.2 Å². The largest absolute Gasteiger partial charge is 0.478 e. The second-order valence-corrected chi connectivity index (χ2v) is 10.5. The lowest BCUT2D eigenvalue weighted by Crippen LogP contribution is -2.34. The average molecular weight is 499 g/mol. The van der Waals surface area contributed by atoms with Crippen LogP contribution in [0.4, 0.5) is 0 Å². The molecule has 0 bridgehead atoms. The van der Waals surface area contributed by atoms with Crippen molar-refractivity contribution >= 4 is 45.1 Å². The summed E-state index contributed by atoms with van der Waals surface area (Å²) in [5, 5.41) is 0.107. The highest BCUT2D eigenvalue weighted by atomic mass is 35.5. The van der Waals surface area contributed by atoms with E-state index in [0.717, 1.165) is 0 Å². The van der Waals surface area contributed by atoms with Crippen molar-refractivity contribution in [2.24, 2.45) is 0 Å². The van der Waals surface area contributed by atoms with Gasteiger partial charge in [0.25, 0.3) is 15.9 Å². The molecule has 8 nitrogen and oxygen atoms in total. The zero-order chi connectivity index (χ0) is 23.4. The Labute approximate surface area is 195 Å². The van der Waals surface area contributed by atoms with E-state index < -0.39 is 28.6 Å². The van der Waals surface area contributed by atoms with E-state index in [4.69, 9.17) is 32.7 Å². The molecule has 1 amide bonds. The maximum absolute atomic E-state index is 13.4. The number of nitrogens with zero attached hydrogens (tertiary/aromatic N) is 2. The number of rotatable bonds is 4. The molecule has 32 heavy (non-hydrogen) atoms. The van der Waals surface area contributed by atoms with Gasteiger partial charge in [-0.25, -0.2) is 13.2 Å². The molecule has 11 heteroatoms. The Morgan fingerprint density at radius 1 is 1.25 bits per heavy atom. The molecule has 2 aromatic carbocycles. The predicted molar refractivity (Wildman–Crippen MR) is 118 cm³/mol. The maximum atomic E-state index is 13.4. The summed E-state index contributed by atoms with van der Waals surface area (Å²) in [6, 6.07) is 6.19. The Kier molecular flexibility index (Phi) is 5.87. The number of fused-ring (bicyclic) bond motifs is 3. The van der Waals surface area contributed by atoms with Crippen LogP contribution in [-0.4, -0.2) is 50.0 Å². The summed E-state index contributed by atoms with van der Waals surface area (Å²) in [6.07, 6.45) is 0. The van der Waals surface area contributed by atoms with Crippen LogP contribution in [0.15, 0.2) is 29.2 Å². The van der Waals surface area contributed by atoms with Crippen molar-refractivity contribution in [3.63, 3.8) is 0 Å². The van der Waals surface area contributed by atoms with Crippen LogP contribution in [0.5, 0.6) is 5.75 Å². The third kappa shape index (κ3) is 3.63. The lowest BCUT2D eigenvalue weighted by atomic mass is 9.93. The molecule has 0 unspecified atom stereocenters. The predicted octanol–water partition coefficient (Wildman–Crippen LogP) is 3.86. The van der Waals surface area contributed by atoms with E-state index in [2.05, 4.69) is 0 Å². The third-order valence-electron chi connectivity index (χ3n) is 5.33. The van der Waals surface area contributed by atoms with Crippen molar-refractivity contribution in [3.05, 3.63) is 56.6 Å². The summed E-state index contributed by atoms with van der Waals surface area (Å²) < 4.78 is 38.3. The minimum atomic E-state index is -4.28. The van der Waals surface area contributed by atoms with Gasteiger partial charge in [0.2, 0.25) is 0 Å². The van der Waals surface area contributed by atoms with Crippen LogP contribution < -0.4 is 4.74 Å². The minimum absolute atomic E-state index is 0.0535. The van der Waals surface area contributed by atoms with Crippen LogP contribution in [0.3, 0.4) is 0 Å². The minimum Gasteiger partial charge on any atom is -0.478 e. The molecule has 0 atom stereocenters. The lowest BCUT2D eigenvalue weighted by Gasteiger charge is -2.28. The second kappa shape index (κ2) is 8.22. The van der Waals surface area contributed by atoms with Crippen LogP contribution in [0.1, 0.15) is 51.6 Å². The molecule has 2 aromatic rings. The molecule has 2 heterocycles. The number of carbonyl (C=O) groups excluding carboxylic acids is 2. The standard InChI is InChI=1S/C21H20Cl2N2O6S/c1-11(2)12-7-16-13(8-24(3)9-30-16)19-17(12)20(26)25(32(19,28)29)10-31-21(27)18-14(22)5-4-6-15(18)23/h4-7,11H,8-10H2,1-3H3. The van der Waals surface area contributed by atoms with E-state index in [0.29, 0.717) is 34.5 Å². The highest BCUT2D eigenvalue weighted by Crippen LogP contribution is 2.43. The smallest absolute Gasteiger partial charge is 0.342 e. The van der Waals surface area contributed by atoms with E-state index >= 15 is 0 Å². The van der Waals surface area contributed by atoms with Crippen molar-refractivity contribution < 1.29 is 27.5 Å². The number of esters is 1. The van der Waals surface area contributed by atoms with Crippen molar-refractivity contribution in [1.29, 1.82) is 0 Å². The van der Waals surface area contributed by atoms with Gasteiger partial charge in [-0.15, -0.1) is 0 Å². The molecule has 0 fully saturated rings. The molecule has 0 N–H and O–H groups in total. The number of hydrogen-bond donors (Lipinski definition) is 0. The second-order valence-electron chi connectivity index (χ2n) is 7.91. The zero-order valence-electron chi connectivity index (χ0n) is 17.5. The summed E-state index contributed by atoms with van der Waals surface area (Å²) in [6.45, 7) is 3.51. The van der Waals surface area contributed by atoms with Crippen molar-refractivity contribution in [3.8, 4) is 5.75 Å². The van der Waals surface area contributed by atoms with Crippen LogP contribution in [0, 0.1) is 0 Å². The first-order valence-corrected chi connectivity index (χ1v) is 11.9. The van der Waals surface area contributed by atoms with Gasteiger partial charge in [0.05, 0.1) is 21.2 Å². The van der Waals surface area contributed by atoms with E-state index in [9.17, 15) is 18.0 Å². The molecular formula is C21H20Cl2N2O6S. The highest BCUT2D eigenvalue weighted by molar-refractivity contribution is 7.90. The molecule has 0 aliphatic carbocycles. The van der Waals surface area contributed by atoms with Crippen LogP contribution in [-0.2, 0) is 21.3 Å². The van der Waals surface area contributed by atoms with Crippen LogP contribution in [0.2, 0.25) is 10.0 Å². The van der Waals surface area contributed by atoms with Gasteiger partial charge in [0.1, 0.15) is 17.4 Å². The topological polar surface area (TPSA) is 93.2 Å². The number of sulfonamides is 1. The number of hydrogen-bond acceptors (Lipinski definition) is 7. The van der Waals surface area contributed by atoms with Crippen LogP contribution >= 0.6 is 23.2 Å². The van der Waals surface area contributed by atoms with E-state index in [-0.39, 0.29) is 32.0 Å². The number of carbonyl (C=O) groups is 2. The SMILES string of the molecule is CC(C)c1cc2c(c3c1C(=O)N(COC(=O)c1c(Cl)cccc1Cl)S3(=O)=O)CN(C)CO2. The molecular weight excluding hydrogens is 479 g/mol. The lowest BCUT2D eigenvalue weighted by molar-refractivity contribution is 0.0358. The van der Waals surface area contributed by atoms with Crippen molar-refractivity contribution in [1.82, 2.24) is 9.21 Å². The first-order chi connectivity index (χ1) is 15.0. The Morgan fingerprint density at radius 3 is 2.53 bits per heavy atom. The normalized spacial score (nSPS) is 17.2. The summed E-state index contributed by atoms with van der Waals surface area (Å²) in [5.74, 6) is -1.39. The Hall–Kier alpha value is -2.33. The summed E-state index contributed by atoms with van der Waals surface area (Å²) in [4.78, 5) is 27.5. The molecule has 170 valence electrons. The van der Waals surface area contributed by atoms with Crippen molar-refractivity contribution in [2.75, 3.05) is 20.5 Å². The fourth-order valence-electron chi connectivity index (χ4n) is 3.78. The zero-order valence-corrected chi connectivity index (χ0v) is 19.8. The molecule has 4 rings (SSSR count). The number of benzene rings is 2. The quantitative estimate of drug-likeness (QED) is 0.590. The fraction of sp³-hybridized carbons (Fsp3) is 0.333. The summed E-state index contributed by atoms with van der Waals surface area (Å²) in [7, 11) is -2.50. The van der Waals surface area contributed by atoms with Gasteiger partial charge in [-0.2, -0.15) is 4.31 Å². The fourth-order valence-corrected chi connectivity index (χ4v) is 6.00. The number of halogens is 2. The Morgan fingerprint density at radius 2 is 1.91 bits per heavy atom.